The molecule has 2 heterocycles. The number of nitrogens with zero attached hydrogens (tertiary/aromatic N) is 2. The van der Waals surface area contributed by atoms with E-state index in [9.17, 15) is 22.8 Å². The van der Waals surface area contributed by atoms with E-state index in [2.05, 4.69) is 5.32 Å². The zero-order valence-electron chi connectivity index (χ0n) is 16.2. The normalized spacial score (nSPS) is 20.9. The number of esters is 1. The van der Waals surface area contributed by atoms with Crippen LogP contribution in [0.15, 0.2) is 18.2 Å². The van der Waals surface area contributed by atoms with E-state index in [0.29, 0.717) is 17.7 Å². The van der Waals surface area contributed by atoms with Crippen LogP contribution in [0.1, 0.15) is 36.7 Å². The molecule has 28 heavy (non-hydrogen) atoms. The summed E-state index contributed by atoms with van der Waals surface area (Å²) in [6, 6.07) is 3.98. The van der Waals surface area contributed by atoms with Crippen molar-refractivity contribution in [2.24, 2.45) is 0 Å². The molecule has 1 N–H and O–H groups in total. The van der Waals surface area contributed by atoms with E-state index in [4.69, 9.17) is 4.74 Å². The van der Waals surface area contributed by atoms with Gasteiger partial charge >= 0.3 is 12.0 Å². The Balaban J connectivity index is 1.65. The van der Waals surface area contributed by atoms with Crippen LogP contribution in [-0.2, 0) is 26.0 Å². The number of hydrogen-bond donors (Lipinski definition) is 1. The largest absolute Gasteiger partial charge is 0.460 e. The van der Waals surface area contributed by atoms with Crippen LogP contribution < -0.4 is 9.62 Å². The SMILES string of the molecule is C[C@@H]1Cc2cc(C(=O)OCCN3C(=O)NC(C)(C)C3=O)ccc2N1S(C)(=O)=O. The first-order chi connectivity index (χ1) is 12.9. The van der Waals surface area contributed by atoms with Crippen molar-refractivity contribution in [3.63, 3.8) is 0 Å². The molecule has 0 bridgehead atoms. The molecule has 1 saturated heterocycles. The van der Waals surface area contributed by atoms with Crippen molar-refractivity contribution in [1.29, 1.82) is 0 Å². The molecule has 152 valence electrons. The van der Waals surface area contributed by atoms with Crippen LogP contribution in [-0.4, -0.2) is 62.2 Å². The number of benzene rings is 1. The van der Waals surface area contributed by atoms with Crippen LogP contribution in [0.3, 0.4) is 0 Å². The molecule has 0 aliphatic carbocycles. The van der Waals surface area contributed by atoms with Crippen molar-refractivity contribution in [3.05, 3.63) is 29.3 Å². The molecule has 1 aromatic rings. The quantitative estimate of drug-likeness (QED) is 0.571. The fraction of sp³-hybridized carbons (Fsp3) is 0.500. The van der Waals surface area contributed by atoms with Crippen LogP contribution in [0, 0.1) is 0 Å². The van der Waals surface area contributed by atoms with Gasteiger partial charge in [-0.3, -0.25) is 14.0 Å². The standard InChI is InChI=1S/C18H23N3O6S/c1-11-9-13-10-12(5-6-14(13)21(11)28(4,25)26)15(22)27-8-7-20-16(23)18(2,3)19-17(20)24/h5-6,10-11H,7-9H2,1-4H3,(H,19,24)/t11-/m1/s1. The summed E-state index contributed by atoms with van der Waals surface area (Å²) in [4.78, 5) is 37.2. The first kappa shape index (κ1) is 20.1. The molecule has 0 unspecified atom stereocenters. The van der Waals surface area contributed by atoms with Gasteiger partial charge in [-0.1, -0.05) is 0 Å². The molecule has 0 radical (unpaired) electrons. The van der Waals surface area contributed by atoms with Gasteiger partial charge in [-0.25, -0.2) is 18.0 Å². The Kier molecular flexibility index (Phi) is 4.86. The number of imide groups is 1. The number of amides is 3. The Morgan fingerprint density at radius 3 is 2.57 bits per heavy atom. The lowest BCUT2D eigenvalue weighted by atomic mass is 10.1. The number of hydrogen-bond acceptors (Lipinski definition) is 6. The lowest BCUT2D eigenvalue weighted by molar-refractivity contribution is -0.130. The second kappa shape index (κ2) is 6.77. The number of carbonyl (C=O) groups excluding carboxylic acids is 3. The number of nitrogens with one attached hydrogen (secondary N) is 1. The highest BCUT2D eigenvalue weighted by molar-refractivity contribution is 7.92. The molecule has 1 fully saturated rings. The van der Waals surface area contributed by atoms with Gasteiger partial charge in [0.25, 0.3) is 5.91 Å². The van der Waals surface area contributed by atoms with Crippen molar-refractivity contribution >= 4 is 33.6 Å². The molecular formula is C18H23N3O6S. The van der Waals surface area contributed by atoms with E-state index in [1.54, 1.807) is 32.9 Å². The monoisotopic (exact) mass is 409 g/mol. The van der Waals surface area contributed by atoms with Gasteiger partial charge in [-0.05, 0) is 51.0 Å². The summed E-state index contributed by atoms with van der Waals surface area (Å²) in [5.74, 6) is -0.972. The minimum absolute atomic E-state index is 0.0380. The molecule has 2 aliphatic heterocycles. The van der Waals surface area contributed by atoms with Gasteiger partial charge < -0.3 is 10.1 Å². The summed E-state index contributed by atoms with van der Waals surface area (Å²) in [6.45, 7) is 4.84. The Hall–Kier alpha value is -2.62. The average Bonchev–Trinajstić information content (AvgIpc) is 3.00. The fourth-order valence-electron chi connectivity index (χ4n) is 3.57. The maximum atomic E-state index is 12.3. The van der Waals surface area contributed by atoms with Gasteiger partial charge in [0.2, 0.25) is 10.0 Å². The van der Waals surface area contributed by atoms with E-state index >= 15 is 0 Å². The molecule has 0 saturated carbocycles. The summed E-state index contributed by atoms with van der Waals surface area (Å²) in [5.41, 5.74) is 0.638. The maximum Gasteiger partial charge on any atom is 0.338 e. The number of anilines is 1. The summed E-state index contributed by atoms with van der Waals surface area (Å²) in [5, 5.41) is 2.55. The second-order valence-corrected chi connectivity index (χ2v) is 9.46. The van der Waals surface area contributed by atoms with Crippen LogP contribution in [0.5, 0.6) is 0 Å². The van der Waals surface area contributed by atoms with E-state index < -0.39 is 27.6 Å². The first-order valence-corrected chi connectivity index (χ1v) is 10.7. The predicted molar refractivity (Wildman–Crippen MR) is 102 cm³/mol. The highest BCUT2D eigenvalue weighted by atomic mass is 32.2. The van der Waals surface area contributed by atoms with Gasteiger partial charge in [0.05, 0.1) is 24.1 Å². The molecule has 0 spiro atoms. The summed E-state index contributed by atoms with van der Waals surface area (Å²) < 4.78 is 30.5. The summed E-state index contributed by atoms with van der Waals surface area (Å²) >= 11 is 0. The van der Waals surface area contributed by atoms with Gasteiger partial charge in [0.1, 0.15) is 12.1 Å². The topological polar surface area (TPSA) is 113 Å². The number of carbonyl (C=O) groups is 3. The molecule has 9 nitrogen and oxygen atoms in total. The summed E-state index contributed by atoms with van der Waals surface area (Å²) in [6.07, 6.45) is 1.65. The van der Waals surface area contributed by atoms with Crippen molar-refractivity contribution in [2.45, 2.75) is 38.8 Å². The lowest BCUT2D eigenvalue weighted by Gasteiger charge is -2.21. The Bertz CT molecular complexity index is 956. The Morgan fingerprint density at radius 1 is 1.32 bits per heavy atom. The lowest BCUT2D eigenvalue weighted by Crippen LogP contribution is -2.40. The van der Waals surface area contributed by atoms with E-state index in [1.807, 2.05) is 0 Å². The van der Waals surface area contributed by atoms with Crippen molar-refractivity contribution in [1.82, 2.24) is 10.2 Å². The third-order valence-corrected chi connectivity index (χ3v) is 6.09. The second-order valence-electron chi connectivity index (χ2n) is 7.60. The Morgan fingerprint density at radius 2 is 2.00 bits per heavy atom. The van der Waals surface area contributed by atoms with Crippen LogP contribution in [0.25, 0.3) is 0 Å². The minimum atomic E-state index is -3.40. The van der Waals surface area contributed by atoms with Gasteiger partial charge in [0, 0.05) is 6.04 Å². The van der Waals surface area contributed by atoms with Gasteiger partial charge in [-0.15, -0.1) is 0 Å². The smallest absolute Gasteiger partial charge is 0.338 e. The first-order valence-electron chi connectivity index (χ1n) is 8.85. The molecule has 2 aliphatic rings. The maximum absolute atomic E-state index is 12.3. The number of rotatable bonds is 5. The van der Waals surface area contributed by atoms with Crippen molar-refractivity contribution in [3.8, 4) is 0 Å². The number of fused-ring (bicyclic) bond motifs is 1. The van der Waals surface area contributed by atoms with Crippen molar-refractivity contribution < 1.29 is 27.5 Å². The minimum Gasteiger partial charge on any atom is -0.460 e. The van der Waals surface area contributed by atoms with Gasteiger partial charge in [0.15, 0.2) is 0 Å². The zero-order chi connectivity index (χ0) is 20.9. The zero-order valence-corrected chi connectivity index (χ0v) is 17.0. The molecule has 10 heteroatoms. The number of ether oxygens (including phenoxy) is 1. The fourth-order valence-corrected chi connectivity index (χ4v) is 4.83. The summed E-state index contributed by atoms with van der Waals surface area (Å²) in [7, 11) is -3.40. The third kappa shape index (κ3) is 3.56. The molecule has 3 rings (SSSR count). The number of sulfonamides is 1. The average molecular weight is 409 g/mol. The van der Waals surface area contributed by atoms with Crippen LogP contribution in [0.4, 0.5) is 10.5 Å². The van der Waals surface area contributed by atoms with E-state index in [1.165, 1.54) is 10.4 Å². The highest BCUT2D eigenvalue weighted by Gasteiger charge is 2.44. The van der Waals surface area contributed by atoms with Crippen LogP contribution in [0.2, 0.25) is 0 Å². The third-order valence-electron chi connectivity index (χ3n) is 4.82. The number of urea groups is 1. The molecule has 0 aromatic heterocycles. The highest BCUT2D eigenvalue weighted by Crippen LogP contribution is 2.34. The molecular weight excluding hydrogens is 386 g/mol. The Labute approximate surface area is 163 Å². The molecule has 3 amide bonds. The molecule has 1 atom stereocenters. The van der Waals surface area contributed by atoms with Crippen molar-refractivity contribution in [2.75, 3.05) is 23.7 Å². The molecule has 1 aromatic carbocycles. The van der Waals surface area contributed by atoms with Gasteiger partial charge in [-0.2, -0.15) is 0 Å². The predicted octanol–water partition coefficient (Wildman–Crippen LogP) is 0.884. The van der Waals surface area contributed by atoms with Crippen LogP contribution >= 0.6 is 0 Å². The van der Waals surface area contributed by atoms with E-state index in [-0.39, 0.29) is 25.1 Å². The van der Waals surface area contributed by atoms with E-state index in [0.717, 1.165) is 16.7 Å².